The van der Waals surface area contributed by atoms with Gasteiger partial charge in [-0.3, -0.25) is 9.69 Å². The molecule has 0 aliphatic carbocycles. The number of nitrogens with zero attached hydrogens (tertiary/aromatic N) is 3. The van der Waals surface area contributed by atoms with Crippen molar-refractivity contribution in [2.75, 3.05) is 19.6 Å². The number of likely N-dealkylation sites (tertiary alicyclic amines) is 1. The Hall–Kier alpha value is -4.20. The number of benzene rings is 3. The molecule has 0 bridgehead atoms. The molecular formula is C29H30FN5O2. The molecule has 2 heterocycles. The highest BCUT2D eigenvalue weighted by atomic mass is 19.1. The Morgan fingerprint density at radius 3 is 2.19 bits per heavy atom. The molecule has 3 N–H and O–H groups in total. The van der Waals surface area contributed by atoms with Crippen LogP contribution >= 0.6 is 0 Å². The number of nitrogens with one attached hydrogen (secondary N) is 1. The van der Waals surface area contributed by atoms with E-state index in [0.717, 1.165) is 24.0 Å². The molecule has 2 aliphatic rings. The highest BCUT2D eigenvalue weighted by molar-refractivity contribution is 6.09. The third-order valence-electron chi connectivity index (χ3n) is 7.17. The van der Waals surface area contributed by atoms with Crippen LogP contribution in [0.5, 0.6) is 0 Å². The summed E-state index contributed by atoms with van der Waals surface area (Å²) in [5.74, 6) is -0.0756. The summed E-state index contributed by atoms with van der Waals surface area (Å²) >= 11 is 0. The first-order chi connectivity index (χ1) is 18.0. The van der Waals surface area contributed by atoms with Gasteiger partial charge in [-0.2, -0.15) is 0 Å². The van der Waals surface area contributed by atoms with E-state index >= 15 is 0 Å². The van der Waals surface area contributed by atoms with Crippen LogP contribution in [0.25, 0.3) is 0 Å². The second-order valence-electron chi connectivity index (χ2n) is 9.55. The van der Waals surface area contributed by atoms with Crippen molar-refractivity contribution < 1.29 is 14.0 Å². The van der Waals surface area contributed by atoms with Crippen LogP contribution in [0, 0.1) is 11.7 Å². The summed E-state index contributed by atoms with van der Waals surface area (Å²) in [5.41, 5.74) is 7.44. The predicted octanol–water partition coefficient (Wildman–Crippen LogP) is 3.85. The highest BCUT2D eigenvalue weighted by Crippen LogP contribution is 2.40. The minimum atomic E-state index is -1.20. The zero-order chi connectivity index (χ0) is 25.8. The lowest BCUT2D eigenvalue weighted by Crippen LogP contribution is -2.49. The second kappa shape index (κ2) is 10.4. The van der Waals surface area contributed by atoms with Crippen molar-refractivity contribution >= 4 is 17.9 Å². The molecule has 3 aromatic rings. The van der Waals surface area contributed by atoms with E-state index in [4.69, 9.17) is 10.7 Å². The van der Waals surface area contributed by atoms with Crippen LogP contribution in [-0.2, 0) is 16.9 Å². The molecule has 0 spiro atoms. The Morgan fingerprint density at radius 1 is 0.973 bits per heavy atom. The van der Waals surface area contributed by atoms with Crippen molar-refractivity contribution in [3.05, 3.63) is 107 Å². The summed E-state index contributed by atoms with van der Waals surface area (Å²) in [5, 5.41) is 2.86. The minimum Gasteiger partial charge on any atom is -0.369 e. The highest BCUT2D eigenvalue weighted by Gasteiger charge is 2.50. The molecular weight excluding hydrogens is 469 g/mol. The molecule has 1 saturated heterocycles. The van der Waals surface area contributed by atoms with Crippen LogP contribution in [0.1, 0.15) is 29.5 Å². The van der Waals surface area contributed by atoms with Crippen molar-refractivity contribution in [3.8, 4) is 0 Å². The number of piperidine rings is 1. The topological polar surface area (TPSA) is 91.0 Å². The molecule has 37 heavy (non-hydrogen) atoms. The van der Waals surface area contributed by atoms with E-state index in [0.29, 0.717) is 25.2 Å². The number of nitrogens with two attached hydrogens (primary N) is 1. The van der Waals surface area contributed by atoms with E-state index in [2.05, 4.69) is 5.32 Å². The molecule has 0 radical (unpaired) electrons. The molecule has 1 fully saturated rings. The summed E-state index contributed by atoms with van der Waals surface area (Å²) in [4.78, 5) is 34.7. The number of hydrogen-bond donors (Lipinski definition) is 2. The zero-order valence-electron chi connectivity index (χ0n) is 20.5. The monoisotopic (exact) mass is 499 g/mol. The Labute approximate surface area is 215 Å². The lowest BCUT2D eigenvalue weighted by atomic mass is 9.82. The van der Waals surface area contributed by atoms with Gasteiger partial charge in [0.05, 0.1) is 0 Å². The van der Waals surface area contributed by atoms with Gasteiger partial charge >= 0.3 is 6.03 Å². The molecule has 3 aromatic carbocycles. The molecule has 190 valence electrons. The van der Waals surface area contributed by atoms with Crippen molar-refractivity contribution in [1.82, 2.24) is 15.1 Å². The second-order valence-corrected chi connectivity index (χ2v) is 9.55. The van der Waals surface area contributed by atoms with E-state index in [1.54, 1.807) is 21.9 Å². The van der Waals surface area contributed by atoms with Crippen molar-refractivity contribution in [2.45, 2.75) is 24.9 Å². The van der Waals surface area contributed by atoms with Gasteiger partial charge in [0, 0.05) is 26.2 Å². The van der Waals surface area contributed by atoms with Crippen LogP contribution in [0.15, 0.2) is 89.9 Å². The van der Waals surface area contributed by atoms with Gasteiger partial charge < -0.3 is 16.0 Å². The molecule has 5 rings (SSSR count). The molecule has 3 amide bonds. The van der Waals surface area contributed by atoms with Crippen LogP contribution < -0.4 is 11.1 Å². The first-order valence-corrected chi connectivity index (χ1v) is 12.5. The fraction of sp³-hybridized carbons (Fsp3) is 0.276. The first kappa shape index (κ1) is 24.5. The quantitative estimate of drug-likeness (QED) is 0.540. The van der Waals surface area contributed by atoms with E-state index in [9.17, 15) is 14.0 Å². The van der Waals surface area contributed by atoms with E-state index in [-0.39, 0.29) is 36.2 Å². The fourth-order valence-electron chi connectivity index (χ4n) is 5.17. The van der Waals surface area contributed by atoms with E-state index in [1.807, 2.05) is 60.7 Å². The largest absolute Gasteiger partial charge is 0.369 e. The molecule has 0 aromatic heterocycles. The summed E-state index contributed by atoms with van der Waals surface area (Å²) in [6.07, 6.45) is 1.49. The van der Waals surface area contributed by atoms with Gasteiger partial charge in [0.2, 0.25) is 0 Å². The molecule has 8 heteroatoms. The zero-order valence-corrected chi connectivity index (χ0v) is 20.5. The summed E-state index contributed by atoms with van der Waals surface area (Å²) in [6.45, 7) is 1.86. The van der Waals surface area contributed by atoms with Gasteiger partial charge in [0.25, 0.3) is 5.91 Å². The Morgan fingerprint density at radius 2 is 1.59 bits per heavy atom. The summed E-state index contributed by atoms with van der Waals surface area (Å²) < 4.78 is 13.4. The van der Waals surface area contributed by atoms with Gasteiger partial charge in [0.15, 0.2) is 11.5 Å². The maximum atomic E-state index is 14.0. The van der Waals surface area contributed by atoms with Gasteiger partial charge in [-0.1, -0.05) is 72.8 Å². The summed E-state index contributed by atoms with van der Waals surface area (Å²) in [7, 11) is 0. The van der Waals surface area contributed by atoms with Gasteiger partial charge in [0.1, 0.15) is 5.82 Å². The smallest absolute Gasteiger partial charge is 0.317 e. The predicted molar refractivity (Wildman–Crippen MR) is 140 cm³/mol. The van der Waals surface area contributed by atoms with Gasteiger partial charge in [-0.15, -0.1) is 0 Å². The molecule has 0 unspecified atom stereocenters. The number of amides is 3. The number of urea groups is 1. The molecule has 7 nitrogen and oxygen atoms in total. The van der Waals surface area contributed by atoms with Crippen LogP contribution in [-0.4, -0.2) is 47.3 Å². The van der Waals surface area contributed by atoms with Gasteiger partial charge in [-0.05, 0) is 47.6 Å². The first-order valence-electron chi connectivity index (χ1n) is 12.5. The number of guanidine groups is 1. The Balaban J connectivity index is 1.23. The third-order valence-corrected chi connectivity index (χ3v) is 7.17. The number of aliphatic imine (C=N–C) groups is 1. The molecule has 0 saturated carbocycles. The average Bonchev–Trinajstić information content (AvgIpc) is 3.19. The Kier molecular flexibility index (Phi) is 6.90. The van der Waals surface area contributed by atoms with Gasteiger partial charge in [-0.25, -0.2) is 14.2 Å². The number of hydrogen-bond acceptors (Lipinski definition) is 4. The third kappa shape index (κ3) is 4.91. The maximum absolute atomic E-state index is 14.0. The Bertz CT molecular complexity index is 1250. The lowest BCUT2D eigenvalue weighted by molar-refractivity contribution is -0.130. The number of carbonyl (C=O) groups is 2. The SMILES string of the molecule is NC1=NC(c2ccccc2)(c2ccccc2)C(=O)N1CC1CCN(C(=O)NCc2cccc(F)c2)CC1. The summed E-state index contributed by atoms with van der Waals surface area (Å²) in [6, 6.07) is 25.1. The van der Waals surface area contributed by atoms with Crippen LogP contribution in [0.2, 0.25) is 0 Å². The van der Waals surface area contributed by atoms with Crippen LogP contribution in [0.4, 0.5) is 9.18 Å². The molecule has 0 atom stereocenters. The van der Waals surface area contributed by atoms with Crippen molar-refractivity contribution in [3.63, 3.8) is 0 Å². The van der Waals surface area contributed by atoms with E-state index in [1.165, 1.54) is 12.1 Å². The maximum Gasteiger partial charge on any atom is 0.317 e. The number of halogens is 1. The van der Waals surface area contributed by atoms with E-state index < -0.39 is 5.54 Å². The van der Waals surface area contributed by atoms with Crippen molar-refractivity contribution in [2.24, 2.45) is 16.6 Å². The van der Waals surface area contributed by atoms with Crippen LogP contribution in [0.3, 0.4) is 0 Å². The molecule has 2 aliphatic heterocycles. The fourth-order valence-corrected chi connectivity index (χ4v) is 5.17. The average molecular weight is 500 g/mol. The minimum absolute atomic E-state index is 0.155. The normalized spacial score (nSPS) is 17.5. The number of rotatable bonds is 6. The lowest BCUT2D eigenvalue weighted by Gasteiger charge is -2.34. The number of carbonyl (C=O) groups excluding carboxylic acids is 2. The standard InChI is InChI=1S/C29H30FN5O2/c30-25-13-7-8-22(18-25)19-32-28(37)34-16-14-21(15-17-34)20-35-26(36)29(33-27(35)31,23-9-3-1-4-10-23)24-11-5-2-6-12-24/h1-13,18,21H,14-17,19-20H2,(H2,31,33)(H,32,37). The van der Waals surface area contributed by atoms with Crippen molar-refractivity contribution in [1.29, 1.82) is 0 Å².